The fourth-order valence-corrected chi connectivity index (χ4v) is 3.32. The van der Waals surface area contributed by atoms with Crippen LogP contribution in [0.25, 0.3) is 11.7 Å². The van der Waals surface area contributed by atoms with E-state index in [1.54, 1.807) is 60.8 Å². The molecule has 4 aromatic rings. The van der Waals surface area contributed by atoms with Gasteiger partial charge in [0.1, 0.15) is 28.6 Å². The highest BCUT2D eigenvalue weighted by molar-refractivity contribution is 6.34. The van der Waals surface area contributed by atoms with E-state index in [4.69, 9.17) is 16.3 Å². The van der Waals surface area contributed by atoms with Crippen molar-refractivity contribution >= 4 is 34.9 Å². The maximum Gasteiger partial charge on any atom is 0.269 e. The van der Waals surface area contributed by atoms with Gasteiger partial charge in [0.2, 0.25) is 5.88 Å². The maximum absolute atomic E-state index is 13.3. The van der Waals surface area contributed by atoms with Crippen LogP contribution >= 0.6 is 11.6 Å². The van der Waals surface area contributed by atoms with E-state index in [1.165, 1.54) is 10.5 Å². The lowest BCUT2D eigenvalue weighted by atomic mass is 10.1. The van der Waals surface area contributed by atoms with Crippen molar-refractivity contribution < 1.29 is 9.53 Å². The highest BCUT2D eigenvalue weighted by Crippen LogP contribution is 2.25. The third kappa shape index (κ3) is 4.61. The Balaban J connectivity index is 1.84. The molecule has 0 aliphatic rings. The summed E-state index contributed by atoms with van der Waals surface area (Å²) >= 11 is 6.10. The Bertz CT molecular complexity index is 1490. The van der Waals surface area contributed by atoms with Crippen LogP contribution in [0, 0.1) is 18.3 Å². The molecular formula is C25H17ClN4O3. The molecule has 1 amide bonds. The van der Waals surface area contributed by atoms with Crippen molar-refractivity contribution in [2.75, 3.05) is 5.32 Å². The monoisotopic (exact) mass is 456 g/mol. The summed E-state index contributed by atoms with van der Waals surface area (Å²) in [6, 6.07) is 20.8. The van der Waals surface area contributed by atoms with Gasteiger partial charge in [-0.2, -0.15) is 10.2 Å². The summed E-state index contributed by atoms with van der Waals surface area (Å²) in [5.41, 5.74) is 0.694. The molecule has 0 saturated heterocycles. The number of fused-ring (bicyclic) bond motifs is 1. The summed E-state index contributed by atoms with van der Waals surface area (Å²) in [6.45, 7) is 1.82. The first-order valence-electron chi connectivity index (χ1n) is 9.90. The fraction of sp³-hybridized carbons (Fsp3) is 0.0400. The predicted octanol–water partition coefficient (Wildman–Crippen LogP) is 4.99. The average molecular weight is 457 g/mol. The number of hydrogen-bond acceptors (Lipinski definition) is 5. The number of ether oxygens (including phenoxy) is 1. The van der Waals surface area contributed by atoms with Gasteiger partial charge < -0.3 is 10.1 Å². The number of aromatic nitrogens is 2. The minimum absolute atomic E-state index is 0.0150. The first-order chi connectivity index (χ1) is 16.0. The zero-order valence-corrected chi connectivity index (χ0v) is 18.2. The highest BCUT2D eigenvalue weighted by Gasteiger charge is 2.18. The van der Waals surface area contributed by atoms with Gasteiger partial charge in [0.15, 0.2) is 0 Å². The van der Waals surface area contributed by atoms with Gasteiger partial charge in [-0.05, 0) is 48.9 Å². The number of nitriles is 1. The summed E-state index contributed by atoms with van der Waals surface area (Å²) < 4.78 is 7.23. The van der Waals surface area contributed by atoms with Crippen LogP contribution in [-0.2, 0) is 4.79 Å². The number of halogens is 1. The molecule has 0 aliphatic heterocycles. The molecule has 0 fully saturated rings. The lowest BCUT2D eigenvalue weighted by Gasteiger charge is -2.11. The number of anilines is 1. The lowest BCUT2D eigenvalue weighted by Crippen LogP contribution is -2.20. The van der Waals surface area contributed by atoms with Crippen LogP contribution in [-0.4, -0.2) is 15.3 Å². The summed E-state index contributed by atoms with van der Waals surface area (Å²) in [6.07, 6.45) is 2.74. The van der Waals surface area contributed by atoms with Gasteiger partial charge in [0.05, 0.1) is 10.7 Å². The van der Waals surface area contributed by atoms with E-state index >= 15 is 0 Å². The topological polar surface area (TPSA) is 96.5 Å². The standard InChI is InChI=1S/C25H17ClN4O3/c1-16-8-7-13-30-22(16)29-24(33-18-9-3-2-4-10-18)19(25(30)32)14-17(15-27)23(31)28-21-12-6-5-11-20(21)26/h2-14H,1H3,(H,28,31)/b17-14-. The maximum atomic E-state index is 13.3. The lowest BCUT2D eigenvalue weighted by molar-refractivity contribution is -0.112. The summed E-state index contributed by atoms with van der Waals surface area (Å²) in [4.78, 5) is 30.6. The smallest absolute Gasteiger partial charge is 0.269 e. The van der Waals surface area contributed by atoms with Crippen LogP contribution in [0.1, 0.15) is 11.1 Å². The Morgan fingerprint density at radius 3 is 2.58 bits per heavy atom. The van der Waals surface area contributed by atoms with Crippen LogP contribution in [0.4, 0.5) is 5.69 Å². The number of rotatable bonds is 5. The van der Waals surface area contributed by atoms with Gasteiger partial charge in [-0.15, -0.1) is 0 Å². The number of carbonyl (C=O) groups excluding carboxylic acids is 1. The Labute approximate surface area is 194 Å². The van der Waals surface area contributed by atoms with E-state index in [-0.39, 0.29) is 17.0 Å². The molecule has 2 aromatic carbocycles. The predicted molar refractivity (Wildman–Crippen MR) is 126 cm³/mol. The van der Waals surface area contributed by atoms with Gasteiger partial charge in [0, 0.05) is 6.20 Å². The molecule has 0 radical (unpaired) electrons. The van der Waals surface area contributed by atoms with Crippen LogP contribution < -0.4 is 15.6 Å². The van der Waals surface area contributed by atoms with Crippen LogP contribution in [0.5, 0.6) is 11.6 Å². The Hall–Kier alpha value is -4.41. The van der Waals surface area contributed by atoms with Crippen molar-refractivity contribution in [1.29, 1.82) is 5.26 Å². The van der Waals surface area contributed by atoms with Gasteiger partial charge in [-0.25, -0.2) is 0 Å². The van der Waals surface area contributed by atoms with Gasteiger partial charge in [-0.1, -0.05) is 48.0 Å². The molecule has 8 heteroatoms. The molecule has 1 N–H and O–H groups in total. The van der Waals surface area contributed by atoms with Crippen molar-refractivity contribution in [1.82, 2.24) is 9.38 Å². The minimum atomic E-state index is -0.718. The van der Waals surface area contributed by atoms with Crippen molar-refractivity contribution in [2.45, 2.75) is 6.92 Å². The van der Waals surface area contributed by atoms with E-state index in [9.17, 15) is 14.9 Å². The molecule has 0 spiro atoms. The number of benzene rings is 2. The Morgan fingerprint density at radius 1 is 1.12 bits per heavy atom. The number of nitrogens with zero attached hydrogens (tertiary/aromatic N) is 3. The SMILES string of the molecule is Cc1cccn2c(=O)c(/C=C(/C#N)C(=O)Nc3ccccc3Cl)c(Oc3ccccc3)nc12. The number of para-hydroxylation sites is 2. The zero-order valence-electron chi connectivity index (χ0n) is 17.4. The molecule has 2 heterocycles. The number of carbonyl (C=O) groups is 1. The van der Waals surface area contributed by atoms with Crippen molar-refractivity contribution in [3.8, 4) is 17.7 Å². The molecule has 7 nitrogen and oxygen atoms in total. The number of hydrogen-bond donors (Lipinski definition) is 1. The molecule has 0 aliphatic carbocycles. The fourth-order valence-electron chi connectivity index (χ4n) is 3.14. The first kappa shape index (κ1) is 21.8. The van der Waals surface area contributed by atoms with E-state index in [0.717, 1.165) is 5.56 Å². The van der Waals surface area contributed by atoms with Crippen LogP contribution in [0.3, 0.4) is 0 Å². The molecule has 33 heavy (non-hydrogen) atoms. The summed E-state index contributed by atoms with van der Waals surface area (Å²) in [5.74, 6) is -0.278. The molecule has 0 bridgehead atoms. The number of pyridine rings is 1. The third-order valence-corrected chi connectivity index (χ3v) is 5.11. The second-order valence-electron chi connectivity index (χ2n) is 7.04. The highest BCUT2D eigenvalue weighted by atomic mass is 35.5. The number of aryl methyl sites for hydroxylation is 1. The van der Waals surface area contributed by atoms with Crippen LogP contribution in [0.15, 0.2) is 83.3 Å². The molecule has 4 rings (SSSR count). The van der Waals surface area contributed by atoms with Gasteiger partial charge >= 0.3 is 0 Å². The van der Waals surface area contributed by atoms with Crippen molar-refractivity contribution in [2.24, 2.45) is 0 Å². The van der Waals surface area contributed by atoms with Gasteiger partial charge in [0.25, 0.3) is 11.5 Å². The molecule has 0 atom stereocenters. The number of amides is 1. The molecule has 162 valence electrons. The van der Waals surface area contributed by atoms with E-state index in [0.29, 0.717) is 22.1 Å². The van der Waals surface area contributed by atoms with E-state index in [2.05, 4.69) is 10.3 Å². The zero-order chi connectivity index (χ0) is 23.4. The molecule has 0 saturated carbocycles. The second-order valence-corrected chi connectivity index (χ2v) is 7.45. The second kappa shape index (κ2) is 9.39. The van der Waals surface area contributed by atoms with Gasteiger partial charge in [-0.3, -0.25) is 14.0 Å². The first-order valence-corrected chi connectivity index (χ1v) is 10.3. The van der Waals surface area contributed by atoms with Crippen molar-refractivity contribution in [3.05, 3.63) is 105 Å². The quantitative estimate of drug-likeness (QED) is 0.337. The van der Waals surface area contributed by atoms with E-state index < -0.39 is 11.5 Å². The Kier molecular flexibility index (Phi) is 6.20. The molecule has 0 unspecified atom stereocenters. The van der Waals surface area contributed by atoms with Crippen molar-refractivity contribution in [3.63, 3.8) is 0 Å². The third-order valence-electron chi connectivity index (χ3n) is 4.78. The average Bonchev–Trinajstić information content (AvgIpc) is 2.82. The minimum Gasteiger partial charge on any atom is -0.438 e. The summed E-state index contributed by atoms with van der Waals surface area (Å²) in [7, 11) is 0. The van der Waals surface area contributed by atoms with Crippen LogP contribution in [0.2, 0.25) is 5.02 Å². The molecule has 2 aromatic heterocycles. The number of nitrogens with one attached hydrogen (secondary N) is 1. The summed E-state index contributed by atoms with van der Waals surface area (Å²) in [5, 5.41) is 12.6. The normalized spacial score (nSPS) is 11.1. The molecular weight excluding hydrogens is 440 g/mol. The Morgan fingerprint density at radius 2 is 1.85 bits per heavy atom. The largest absolute Gasteiger partial charge is 0.438 e. The van der Waals surface area contributed by atoms with E-state index in [1.807, 2.05) is 25.1 Å².